The molecule has 0 aliphatic carbocycles. The first kappa shape index (κ1) is 18.7. The maximum Gasteiger partial charge on any atom is 0.304 e. The topological polar surface area (TPSA) is 45.5 Å². The molecule has 0 radical (unpaired) electrons. The molecular weight excluding hydrogens is 355 g/mol. The third-order valence-corrected chi connectivity index (χ3v) is 5.77. The Labute approximate surface area is 164 Å². The fourth-order valence-electron chi connectivity index (χ4n) is 4.35. The van der Waals surface area contributed by atoms with E-state index >= 15 is 0 Å². The molecule has 1 aliphatic rings. The smallest absolute Gasteiger partial charge is 0.304 e. The van der Waals surface area contributed by atoms with E-state index in [0.717, 1.165) is 30.6 Å². The van der Waals surface area contributed by atoms with Gasteiger partial charge in [0.2, 0.25) is 0 Å². The Morgan fingerprint density at radius 3 is 2.68 bits per heavy atom. The number of halogens is 1. The Bertz CT molecular complexity index is 1020. The number of fused-ring (bicyclic) bond motifs is 3. The van der Waals surface area contributed by atoms with Crippen molar-refractivity contribution in [2.75, 3.05) is 13.6 Å². The highest BCUT2D eigenvalue weighted by Crippen LogP contribution is 2.34. The maximum atomic E-state index is 13.4. The van der Waals surface area contributed by atoms with Gasteiger partial charge in [-0.15, -0.1) is 0 Å². The van der Waals surface area contributed by atoms with Crippen molar-refractivity contribution >= 4 is 16.9 Å². The van der Waals surface area contributed by atoms with Gasteiger partial charge in [-0.05, 0) is 55.8 Å². The van der Waals surface area contributed by atoms with Gasteiger partial charge in [0.15, 0.2) is 0 Å². The van der Waals surface area contributed by atoms with Gasteiger partial charge in [0.1, 0.15) is 5.82 Å². The fraction of sp³-hybridized carbons (Fsp3) is 0.348. The molecular formula is C23H25FN2O2. The minimum Gasteiger partial charge on any atom is -0.481 e. The molecule has 28 heavy (non-hydrogen) atoms. The van der Waals surface area contributed by atoms with Crippen molar-refractivity contribution in [1.82, 2.24) is 9.47 Å². The van der Waals surface area contributed by atoms with Crippen molar-refractivity contribution in [2.45, 2.75) is 38.8 Å². The van der Waals surface area contributed by atoms with Crippen LogP contribution in [0.2, 0.25) is 0 Å². The lowest BCUT2D eigenvalue weighted by atomic mass is 9.95. The van der Waals surface area contributed by atoms with Crippen molar-refractivity contribution in [3.8, 4) is 0 Å². The second-order valence-corrected chi connectivity index (χ2v) is 7.89. The Morgan fingerprint density at radius 2 is 1.96 bits per heavy atom. The lowest BCUT2D eigenvalue weighted by molar-refractivity contribution is -0.137. The first-order valence-electron chi connectivity index (χ1n) is 9.69. The van der Waals surface area contributed by atoms with E-state index in [1.165, 1.54) is 34.3 Å². The van der Waals surface area contributed by atoms with E-state index in [1.807, 2.05) is 0 Å². The van der Waals surface area contributed by atoms with Gasteiger partial charge in [0, 0.05) is 42.1 Å². The van der Waals surface area contributed by atoms with Crippen LogP contribution in [-0.2, 0) is 24.3 Å². The number of hydrogen-bond donors (Lipinski definition) is 1. The third kappa shape index (κ3) is 3.54. The van der Waals surface area contributed by atoms with Crippen molar-refractivity contribution in [1.29, 1.82) is 0 Å². The first-order valence-corrected chi connectivity index (χ1v) is 9.69. The summed E-state index contributed by atoms with van der Waals surface area (Å²) in [6.07, 6.45) is 1.01. The minimum absolute atomic E-state index is 0.0157. The highest BCUT2D eigenvalue weighted by molar-refractivity contribution is 5.86. The number of aryl methyl sites for hydroxylation is 1. The van der Waals surface area contributed by atoms with Crippen molar-refractivity contribution in [3.05, 3.63) is 70.7 Å². The summed E-state index contributed by atoms with van der Waals surface area (Å²) in [6, 6.07) is 12.7. The molecule has 3 aromatic rings. The Kier molecular flexibility index (Phi) is 4.94. The van der Waals surface area contributed by atoms with Crippen molar-refractivity contribution in [2.24, 2.45) is 0 Å². The molecule has 1 aromatic heterocycles. The number of carbonyl (C=O) groups is 1. The summed E-state index contributed by atoms with van der Waals surface area (Å²) in [5.41, 5.74) is 5.89. The molecule has 0 saturated heterocycles. The van der Waals surface area contributed by atoms with Gasteiger partial charge in [-0.1, -0.05) is 23.8 Å². The number of benzene rings is 2. The van der Waals surface area contributed by atoms with Gasteiger partial charge in [-0.2, -0.15) is 0 Å². The Hall–Kier alpha value is -2.66. The molecule has 4 nitrogen and oxygen atoms in total. The average Bonchev–Trinajstić information content (AvgIpc) is 2.94. The predicted octanol–water partition coefficient (Wildman–Crippen LogP) is 4.34. The van der Waals surface area contributed by atoms with E-state index in [0.29, 0.717) is 6.54 Å². The zero-order valence-electron chi connectivity index (χ0n) is 16.3. The van der Waals surface area contributed by atoms with Crippen LogP contribution < -0.4 is 0 Å². The average molecular weight is 380 g/mol. The van der Waals surface area contributed by atoms with E-state index < -0.39 is 5.97 Å². The number of nitrogens with zero attached hydrogens (tertiary/aromatic N) is 2. The number of hydrogen-bond acceptors (Lipinski definition) is 2. The van der Waals surface area contributed by atoms with E-state index in [-0.39, 0.29) is 18.2 Å². The number of likely N-dealkylation sites (N-methyl/N-ethyl adjacent to an activating group) is 1. The summed E-state index contributed by atoms with van der Waals surface area (Å²) in [4.78, 5) is 13.8. The second kappa shape index (κ2) is 7.40. The van der Waals surface area contributed by atoms with Gasteiger partial charge in [0.05, 0.1) is 6.42 Å². The molecule has 4 rings (SSSR count). The molecule has 5 heteroatoms. The van der Waals surface area contributed by atoms with Gasteiger partial charge < -0.3 is 14.6 Å². The van der Waals surface area contributed by atoms with Crippen LogP contribution in [0.5, 0.6) is 0 Å². The summed E-state index contributed by atoms with van der Waals surface area (Å²) in [6.45, 7) is 4.55. The summed E-state index contributed by atoms with van der Waals surface area (Å²) in [5.74, 6) is -1.36. The fourth-order valence-corrected chi connectivity index (χ4v) is 4.35. The molecule has 1 unspecified atom stereocenters. The lowest BCUT2D eigenvalue weighted by Gasteiger charge is -2.26. The molecule has 0 fully saturated rings. The maximum absolute atomic E-state index is 13.4. The molecule has 1 N–H and O–H groups in total. The summed E-state index contributed by atoms with van der Waals surface area (Å²) < 4.78 is 15.7. The second-order valence-electron chi connectivity index (χ2n) is 7.89. The number of rotatable bonds is 5. The highest BCUT2D eigenvalue weighted by atomic mass is 19.1. The lowest BCUT2D eigenvalue weighted by Crippen LogP contribution is -2.28. The zero-order chi connectivity index (χ0) is 19.8. The molecule has 0 saturated carbocycles. The van der Waals surface area contributed by atoms with Crippen LogP contribution in [0.15, 0.2) is 42.5 Å². The normalized spacial score (nSPS) is 15.5. The summed E-state index contributed by atoms with van der Waals surface area (Å²) >= 11 is 0. The van der Waals surface area contributed by atoms with Gasteiger partial charge in [-0.25, -0.2) is 4.39 Å². The Morgan fingerprint density at radius 1 is 1.21 bits per heavy atom. The van der Waals surface area contributed by atoms with Crippen LogP contribution in [0.4, 0.5) is 4.39 Å². The SMILES string of the molecule is Cc1ccc2c(c1)c1c(n2CC(CC(=O)O)c2ccc(F)cc2)CN(C)CC1. The molecule has 0 bridgehead atoms. The number of carboxylic acid groups (broad SMARTS) is 1. The molecule has 2 heterocycles. The van der Waals surface area contributed by atoms with Gasteiger partial charge >= 0.3 is 5.97 Å². The van der Waals surface area contributed by atoms with Crippen LogP contribution in [0.1, 0.15) is 34.7 Å². The largest absolute Gasteiger partial charge is 0.481 e. The molecule has 2 aromatic carbocycles. The molecule has 1 atom stereocenters. The van der Waals surface area contributed by atoms with Crippen molar-refractivity contribution in [3.63, 3.8) is 0 Å². The van der Waals surface area contributed by atoms with Crippen LogP contribution in [0.25, 0.3) is 10.9 Å². The van der Waals surface area contributed by atoms with Crippen LogP contribution >= 0.6 is 0 Å². The monoisotopic (exact) mass is 380 g/mol. The van der Waals surface area contributed by atoms with Gasteiger partial charge in [-0.3, -0.25) is 4.79 Å². The van der Waals surface area contributed by atoms with Crippen LogP contribution in [-0.4, -0.2) is 34.1 Å². The predicted molar refractivity (Wildman–Crippen MR) is 108 cm³/mol. The molecule has 1 aliphatic heterocycles. The van der Waals surface area contributed by atoms with E-state index in [2.05, 4.69) is 41.6 Å². The molecule has 0 amide bonds. The number of carboxylic acids is 1. The van der Waals surface area contributed by atoms with E-state index in [1.54, 1.807) is 12.1 Å². The molecule has 146 valence electrons. The summed E-state index contributed by atoms with van der Waals surface area (Å²) in [5, 5.41) is 10.7. The van der Waals surface area contributed by atoms with Crippen LogP contribution in [0, 0.1) is 12.7 Å². The van der Waals surface area contributed by atoms with Gasteiger partial charge in [0.25, 0.3) is 0 Å². The first-order chi connectivity index (χ1) is 13.4. The minimum atomic E-state index is -0.840. The Balaban J connectivity index is 1.81. The van der Waals surface area contributed by atoms with E-state index in [9.17, 15) is 14.3 Å². The molecule has 0 spiro atoms. The third-order valence-electron chi connectivity index (χ3n) is 5.77. The quantitative estimate of drug-likeness (QED) is 0.716. The summed E-state index contributed by atoms with van der Waals surface area (Å²) in [7, 11) is 2.12. The zero-order valence-corrected chi connectivity index (χ0v) is 16.3. The van der Waals surface area contributed by atoms with Crippen molar-refractivity contribution < 1.29 is 14.3 Å². The van der Waals surface area contributed by atoms with E-state index in [4.69, 9.17) is 0 Å². The van der Waals surface area contributed by atoms with Crippen LogP contribution in [0.3, 0.4) is 0 Å². The standard InChI is InChI=1S/C23H25FN2O2/c1-15-3-8-21-20(11-15)19-9-10-25(2)14-22(19)26(21)13-17(12-23(27)28)16-4-6-18(24)7-5-16/h3-8,11,17H,9-10,12-14H2,1-2H3,(H,27,28). The highest BCUT2D eigenvalue weighted by Gasteiger charge is 2.25. The number of aliphatic carboxylic acids is 1. The number of aromatic nitrogens is 1.